The lowest BCUT2D eigenvalue weighted by atomic mass is 10.1. The number of amides is 1. The molecule has 134 valence electrons. The Balaban J connectivity index is 2.30. The van der Waals surface area contributed by atoms with Crippen molar-refractivity contribution in [2.75, 3.05) is 14.1 Å². The third kappa shape index (κ3) is 4.52. The minimum Gasteiger partial charge on any atom is -0.345 e. The molecule has 0 saturated heterocycles. The van der Waals surface area contributed by atoms with Gasteiger partial charge in [-0.15, -0.1) is 0 Å². The molecule has 5 nitrogen and oxygen atoms in total. The van der Waals surface area contributed by atoms with Gasteiger partial charge in [0.15, 0.2) is 0 Å². The van der Waals surface area contributed by atoms with Gasteiger partial charge in [0, 0.05) is 19.1 Å². The molecule has 2 rings (SSSR count). The van der Waals surface area contributed by atoms with Gasteiger partial charge in [-0.3, -0.25) is 4.79 Å². The summed E-state index contributed by atoms with van der Waals surface area (Å²) in [5.74, 6) is -0.465. The maximum atomic E-state index is 12.5. The highest BCUT2D eigenvalue weighted by Crippen LogP contribution is 2.23. The van der Waals surface area contributed by atoms with Crippen LogP contribution in [0.15, 0.2) is 47.4 Å². The maximum absolute atomic E-state index is 12.5. The molecule has 0 aromatic heterocycles. The van der Waals surface area contributed by atoms with Crippen molar-refractivity contribution in [3.8, 4) is 0 Å². The van der Waals surface area contributed by atoms with Crippen LogP contribution in [0, 0.1) is 0 Å². The van der Waals surface area contributed by atoms with Gasteiger partial charge in [0.05, 0.1) is 21.5 Å². The fraction of sp³-hybridized carbons (Fsp3) is 0.235. The van der Waals surface area contributed by atoms with Crippen LogP contribution in [-0.4, -0.2) is 32.7 Å². The minimum atomic E-state index is -3.66. The summed E-state index contributed by atoms with van der Waals surface area (Å²) < 4.78 is 25.5. The normalized spacial score (nSPS) is 12.9. The second-order valence-corrected chi connectivity index (χ2v) is 8.67. The molecule has 25 heavy (non-hydrogen) atoms. The summed E-state index contributed by atoms with van der Waals surface area (Å²) in [5, 5.41) is 3.54. The van der Waals surface area contributed by atoms with Crippen molar-refractivity contribution in [1.29, 1.82) is 0 Å². The first-order valence-corrected chi connectivity index (χ1v) is 9.61. The van der Waals surface area contributed by atoms with Crippen LogP contribution in [0.4, 0.5) is 0 Å². The molecule has 8 heteroatoms. The van der Waals surface area contributed by atoms with Gasteiger partial charge in [-0.25, -0.2) is 12.7 Å². The molecule has 0 saturated carbocycles. The third-order valence-corrected chi connectivity index (χ3v) is 6.03. The predicted octanol–water partition coefficient (Wildman–Crippen LogP) is 3.73. The number of hydrogen-bond acceptors (Lipinski definition) is 3. The lowest BCUT2D eigenvalue weighted by molar-refractivity contribution is 0.0940. The molecule has 0 bridgehead atoms. The van der Waals surface area contributed by atoms with Crippen molar-refractivity contribution in [2.45, 2.75) is 17.9 Å². The molecule has 2 aromatic carbocycles. The second-order valence-electron chi connectivity index (χ2n) is 5.68. The summed E-state index contributed by atoms with van der Waals surface area (Å²) >= 11 is 12.0. The van der Waals surface area contributed by atoms with Crippen molar-refractivity contribution >= 4 is 39.1 Å². The van der Waals surface area contributed by atoms with Gasteiger partial charge in [-0.05, 0) is 42.8 Å². The number of hydrogen-bond donors (Lipinski definition) is 1. The van der Waals surface area contributed by atoms with Crippen LogP contribution in [0.5, 0.6) is 0 Å². The van der Waals surface area contributed by atoms with E-state index in [-0.39, 0.29) is 21.5 Å². The molecule has 0 radical (unpaired) electrons. The molecule has 1 unspecified atom stereocenters. The number of carbonyl (C=O) groups is 1. The van der Waals surface area contributed by atoms with Gasteiger partial charge in [0.2, 0.25) is 10.0 Å². The maximum Gasteiger partial charge on any atom is 0.253 e. The summed E-state index contributed by atoms with van der Waals surface area (Å²) in [6.45, 7) is 1.80. The van der Waals surface area contributed by atoms with Gasteiger partial charge in [-0.1, -0.05) is 35.3 Å². The lowest BCUT2D eigenvalue weighted by Crippen LogP contribution is -2.28. The molecular formula is C17H18Cl2N2O3S. The van der Waals surface area contributed by atoms with Gasteiger partial charge < -0.3 is 5.32 Å². The summed E-state index contributed by atoms with van der Waals surface area (Å²) in [7, 11) is -0.816. The fourth-order valence-corrected chi connectivity index (χ4v) is 3.51. The van der Waals surface area contributed by atoms with Crippen LogP contribution < -0.4 is 5.32 Å². The molecule has 0 aliphatic rings. The van der Waals surface area contributed by atoms with Crippen molar-refractivity contribution in [1.82, 2.24) is 9.62 Å². The molecule has 0 fully saturated rings. The molecule has 1 N–H and O–H groups in total. The van der Waals surface area contributed by atoms with Crippen LogP contribution in [0.25, 0.3) is 0 Å². The standard InChI is InChI=1S/C17H18Cl2N2O3S/c1-11(12-5-4-6-13(18)9-12)20-17(22)15-10-14(7-8-16(15)19)25(23,24)21(2)3/h4-11H,1-3H3,(H,20,22). The van der Waals surface area contributed by atoms with E-state index in [0.29, 0.717) is 5.02 Å². The van der Waals surface area contributed by atoms with E-state index in [1.165, 1.54) is 32.3 Å². The van der Waals surface area contributed by atoms with Crippen LogP contribution >= 0.6 is 23.2 Å². The Morgan fingerprint density at radius 3 is 2.40 bits per heavy atom. The number of sulfonamides is 1. The average Bonchev–Trinajstić information content (AvgIpc) is 2.54. The SMILES string of the molecule is CC(NC(=O)c1cc(S(=O)(=O)N(C)C)ccc1Cl)c1cccc(Cl)c1. The van der Waals surface area contributed by atoms with E-state index >= 15 is 0 Å². The third-order valence-electron chi connectivity index (χ3n) is 3.66. The van der Waals surface area contributed by atoms with E-state index < -0.39 is 15.9 Å². The number of nitrogens with zero attached hydrogens (tertiary/aromatic N) is 1. The van der Waals surface area contributed by atoms with E-state index in [1.807, 2.05) is 6.07 Å². The Morgan fingerprint density at radius 1 is 1.12 bits per heavy atom. The van der Waals surface area contributed by atoms with E-state index in [9.17, 15) is 13.2 Å². The topological polar surface area (TPSA) is 66.5 Å². The van der Waals surface area contributed by atoms with Crippen molar-refractivity contribution in [2.24, 2.45) is 0 Å². The van der Waals surface area contributed by atoms with Crippen LogP contribution in [-0.2, 0) is 10.0 Å². The molecule has 0 heterocycles. The highest BCUT2D eigenvalue weighted by Gasteiger charge is 2.21. The van der Waals surface area contributed by atoms with Crippen molar-refractivity contribution in [3.63, 3.8) is 0 Å². The summed E-state index contributed by atoms with van der Waals surface area (Å²) in [4.78, 5) is 12.5. The zero-order chi connectivity index (χ0) is 18.8. The van der Waals surface area contributed by atoms with Gasteiger partial charge >= 0.3 is 0 Å². The smallest absolute Gasteiger partial charge is 0.253 e. The van der Waals surface area contributed by atoms with Crippen LogP contribution in [0.1, 0.15) is 28.9 Å². The Kier molecular flexibility index (Phi) is 6.11. The quantitative estimate of drug-likeness (QED) is 0.830. The van der Waals surface area contributed by atoms with Crippen LogP contribution in [0.2, 0.25) is 10.0 Å². The largest absolute Gasteiger partial charge is 0.345 e. The van der Waals surface area contributed by atoms with Crippen molar-refractivity contribution in [3.05, 3.63) is 63.6 Å². The Labute approximate surface area is 157 Å². The minimum absolute atomic E-state index is 0.00228. The number of halogens is 2. The van der Waals surface area contributed by atoms with E-state index in [1.54, 1.807) is 25.1 Å². The zero-order valence-electron chi connectivity index (χ0n) is 14.0. The van der Waals surface area contributed by atoms with Crippen LogP contribution in [0.3, 0.4) is 0 Å². The molecular weight excluding hydrogens is 383 g/mol. The van der Waals surface area contributed by atoms with E-state index in [0.717, 1.165) is 9.87 Å². The Bertz CT molecular complexity index is 899. The Morgan fingerprint density at radius 2 is 1.80 bits per heavy atom. The number of nitrogens with one attached hydrogen (secondary N) is 1. The number of benzene rings is 2. The number of carbonyl (C=O) groups excluding carboxylic acids is 1. The van der Waals surface area contributed by atoms with Gasteiger partial charge in [0.25, 0.3) is 5.91 Å². The first-order chi connectivity index (χ1) is 11.6. The van der Waals surface area contributed by atoms with E-state index in [4.69, 9.17) is 23.2 Å². The monoisotopic (exact) mass is 400 g/mol. The second kappa shape index (κ2) is 7.74. The lowest BCUT2D eigenvalue weighted by Gasteiger charge is -2.16. The average molecular weight is 401 g/mol. The zero-order valence-corrected chi connectivity index (χ0v) is 16.3. The first kappa shape index (κ1) is 19.7. The highest BCUT2D eigenvalue weighted by atomic mass is 35.5. The predicted molar refractivity (Wildman–Crippen MR) is 99.7 cm³/mol. The highest BCUT2D eigenvalue weighted by molar-refractivity contribution is 7.89. The number of rotatable bonds is 5. The molecule has 1 atom stereocenters. The molecule has 0 spiro atoms. The summed E-state index contributed by atoms with van der Waals surface area (Å²) in [6.07, 6.45) is 0. The van der Waals surface area contributed by atoms with Gasteiger partial charge in [-0.2, -0.15) is 0 Å². The summed E-state index contributed by atoms with van der Waals surface area (Å²) in [6, 6.07) is 10.8. The molecule has 0 aliphatic heterocycles. The van der Waals surface area contributed by atoms with Gasteiger partial charge in [0.1, 0.15) is 0 Å². The Hall–Kier alpha value is -1.60. The molecule has 0 aliphatic carbocycles. The molecule has 2 aromatic rings. The first-order valence-electron chi connectivity index (χ1n) is 7.41. The van der Waals surface area contributed by atoms with Crippen molar-refractivity contribution < 1.29 is 13.2 Å². The molecule has 1 amide bonds. The van der Waals surface area contributed by atoms with E-state index in [2.05, 4.69) is 5.32 Å². The summed E-state index contributed by atoms with van der Waals surface area (Å²) in [5.41, 5.74) is 0.924. The fourth-order valence-electron chi connectivity index (χ4n) is 2.18.